The van der Waals surface area contributed by atoms with Crippen molar-refractivity contribution in [3.63, 3.8) is 0 Å². The molecule has 1 heterocycles. The minimum Gasteiger partial charge on any atom is -0.496 e. The summed E-state index contributed by atoms with van der Waals surface area (Å²) >= 11 is -0.300. The summed E-state index contributed by atoms with van der Waals surface area (Å²) in [4.78, 5) is 13.7. The molecule has 1 amide bonds. The Morgan fingerprint density at radius 2 is 2.18 bits per heavy atom. The van der Waals surface area contributed by atoms with Crippen LogP contribution < -0.4 is 10.1 Å². The van der Waals surface area contributed by atoms with Crippen LogP contribution in [0.1, 0.15) is 11.6 Å². The second kappa shape index (κ2) is 7.23. The van der Waals surface area contributed by atoms with Gasteiger partial charge in [0.15, 0.2) is 0 Å². The number of hydrogen-bond acceptors (Lipinski definition) is 4. The van der Waals surface area contributed by atoms with E-state index in [0.717, 1.165) is 5.56 Å². The quantitative estimate of drug-likeness (QED) is 0.918. The summed E-state index contributed by atoms with van der Waals surface area (Å²) in [5.74, 6) is -0.494. The fourth-order valence-electron chi connectivity index (χ4n) is 2.45. The summed E-state index contributed by atoms with van der Waals surface area (Å²) in [7, 11) is 1.53. The topological polar surface area (TPSA) is 41.6 Å². The standard InChI is InChI=1S/C14H17F3N2O2S/c1-21-12-5-3-2-4-10(12)11-8-18-6-7-19(11)13(20)9-22-14(15,16)17/h2-5,11,18H,6-9H2,1H3. The number of para-hydroxylation sites is 1. The van der Waals surface area contributed by atoms with Gasteiger partial charge >= 0.3 is 5.51 Å². The van der Waals surface area contributed by atoms with Gasteiger partial charge in [0.25, 0.3) is 0 Å². The summed E-state index contributed by atoms with van der Waals surface area (Å²) in [6.07, 6.45) is 0. The first-order valence-electron chi connectivity index (χ1n) is 6.76. The molecule has 0 spiro atoms. The molecule has 1 aliphatic heterocycles. The number of carbonyl (C=O) groups is 1. The van der Waals surface area contributed by atoms with E-state index in [4.69, 9.17) is 4.74 Å². The van der Waals surface area contributed by atoms with Crippen molar-refractivity contribution in [2.75, 3.05) is 32.5 Å². The number of ether oxygens (including phenoxy) is 1. The first kappa shape index (κ1) is 17.0. The van der Waals surface area contributed by atoms with Crippen molar-refractivity contribution in [1.29, 1.82) is 0 Å². The molecular formula is C14H17F3N2O2S. The van der Waals surface area contributed by atoms with Gasteiger partial charge in [-0.2, -0.15) is 13.2 Å². The highest BCUT2D eigenvalue weighted by molar-refractivity contribution is 8.00. The lowest BCUT2D eigenvalue weighted by molar-refractivity contribution is -0.131. The lowest BCUT2D eigenvalue weighted by atomic mass is 10.0. The molecule has 2 rings (SSSR count). The lowest BCUT2D eigenvalue weighted by Crippen LogP contribution is -2.49. The minimum atomic E-state index is -4.40. The monoisotopic (exact) mass is 334 g/mol. The summed E-state index contributed by atoms with van der Waals surface area (Å²) in [6.45, 7) is 1.43. The van der Waals surface area contributed by atoms with Gasteiger partial charge in [0.2, 0.25) is 5.91 Å². The molecule has 1 saturated heterocycles. The number of carbonyl (C=O) groups excluding carboxylic acids is 1. The van der Waals surface area contributed by atoms with Gasteiger partial charge in [0.1, 0.15) is 5.75 Å². The van der Waals surface area contributed by atoms with E-state index in [9.17, 15) is 18.0 Å². The Hall–Kier alpha value is -1.41. The van der Waals surface area contributed by atoms with Gasteiger partial charge in [0, 0.05) is 25.2 Å². The van der Waals surface area contributed by atoms with Gasteiger partial charge in [0.05, 0.1) is 18.9 Å². The fourth-order valence-corrected chi connectivity index (χ4v) is 2.90. The van der Waals surface area contributed by atoms with Crippen LogP contribution in [0.5, 0.6) is 5.75 Å². The molecule has 122 valence electrons. The van der Waals surface area contributed by atoms with Crippen molar-refractivity contribution in [3.8, 4) is 5.75 Å². The van der Waals surface area contributed by atoms with Crippen LogP contribution in [0.2, 0.25) is 0 Å². The van der Waals surface area contributed by atoms with E-state index in [0.29, 0.717) is 25.4 Å². The molecule has 1 N–H and O–H groups in total. The predicted octanol–water partition coefficient (Wildman–Crippen LogP) is 2.42. The third-order valence-electron chi connectivity index (χ3n) is 3.42. The Labute approximate surface area is 131 Å². The molecule has 0 aliphatic carbocycles. The van der Waals surface area contributed by atoms with Gasteiger partial charge in [-0.25, -0.2) is 0 Å². The number of nitrogens with zero attached hydrogens (tertiary/aromatic N) is 1. The second-order valence-electron chi connectivity index (χ2n) is 4.78. The molecule has 0 radical (unpaired) electrons. The van der Waals surface area contributed by atoms with E-state index >= 15 is 0 Å². The van der Waals surface area contributed by atoms with Gasteiger partial charge in [-0.1, -0.05) is 18.2 Å². The first-order chi connectivity index (χ1) is 10.4. The minimum absolute atomic E-state index is 0.300. The summed E-state index contributed by atoms with van der Waals surface area (Å²) in [5, 5.41) is 3.16. The molecule has 1 unspecified atom stereocenters. The Bertz CT molecular complexity index is 525. The number of thioether (sulfide) groups is 1. The molecule has 0 bridgehead atoms. The van der Waals surface area contributed by atoms with E-state index in [1.54, 1.807) is 6.07 Å². The maximum Gasteiger partial charge on any atom is 0.442 e. The van der Waals surface area contributed by atoms with Crippen molar-refractivity contribution in [3.05, 3.63) is 29.8 Å². The van der Waals surface area contributed by atoms with Crippen LogP contribution >= 0.6 is 11.8 Å². The number of amides is 1. The molecule has 1 aromatic rings. The normalized spacial score (nSPS) is 19.1. The van der Waals surface area contributed by atoms with E-state index < -0.39 is 17.2 Å². The molecule has 0 aromatic heterocycles. The Morgan fingerprint density at radius 3 is 2.86 bits per heavy atom. The van der Waals surface area contributed by atoms with Crippen molar-refractivity contribution in [2.45, 2.75) is 11.6 Å². The number of piperazine rings is 1. The van der Waals surface area contributed by atoms with Gasteiger partial charge in [-0.05, 0) is 17.8 Å². The first-order valence-corrected chi connectivity index (χ1v) is 7.74. The van der Waals surface area contributed by atoms with E-state index in [-0.39, 0.29) is 17.8 Å². The zero-order chi connectivity index (χ0) is 16.2. The summed E-state index contributed by atoms with van der Waals surface area (Å²) < 4.78 is 42.1. The molecule has 22 heavy (non-hydrogen) atoms. The Morgan fingerprint density at radius 1 is 1.45 bits per heavy atom. The zero-order valence-electron chi connectivity index (χ0n) is 12.0. The van der Waals surface area contributed by atoms with Gasteiger partial charge in [-0.15, -0.1) is 0 Å². The molecule has 1 aromatic carbocycles. The maximum atomic E-state index is 12.3. The van der Waals surface area contributed by atoms with Gasteiger partial charge in [-0.3, -0.25) is 4.79 Å². The highest BCUT2D eigenvalue weighted by Gasteiger charge is 2.34. The summed E-state index contributed by atoms with van der Waals surface area (Å²) in [5.41, 5.74) is -3.61. The molecule has 0 saturated carbocycles. The average molecular weight is 334 g/mol. The second-order valence-corrected chi connectivity index (χ2v) is 5.82. The van der Waals surface area contributed by atoms with Crippen molar-refractivity contribution < 1.29 is 22.7 Å². The van der Waals surface area contributed by atoms with Crippen molar-refractivity contribution >= 4 is 17.7 Å². The Balaban J connectivity index is 2.16. The Kier molecular flexibility index (Phi) is 5.57. The molecule has 8 heteroatoms. The number of hydrogen-bond donors (Lipinski definition) is 1. The maximum absolute atomic E-state index is 12.3. The molecule has 1 atom stereocenters. The highest BCUT2D eigenvalue weighted by Crippen LogP contribution is 2.33. The number of halogens is 3. The lowest BCUT2D eigenvalue weighted by Gasteiger charge is -2.37. The van der Waals surface area contributed by atoms with Crippen LogP contribution in [0.4, 0.5) is 13.2 Å². The molecular weight excluding hydrogens is 317 g/mol. The van der Waals surface area contributed by atoms with Crippen LogP contribution in [0.25, 0.3) is 0 Å². The number of methoxy groups -OCH3 is 1. The van der Waals surface area contributed by atoms with Crippen LogP contribution in [0.3, 0.4) is 0 Å². The third-order valence-corrected chi connectivity index (χ3v) is 4.14. The van der Waals surface area contributed by atoms with E-state index in [1.165, 1.54) is 12.0 Å². The molecule has 4 nitrogen and oxygen atoms in total. The van der Waals surface area contributed by atoms with Crippen LogP contribution in [-0.2, 0) is 4.79 Å². The largest absolute Gasteiger partial charge is 0.496 e. The molecule has 1 fully saturated rings. The predicted molar refractivity (Wildman–Crippen MR) is 78.8 cm³/mol. The number of benzene rings is 1. The number of nitrogens with one attached hydrogen (secondary N) is 1. The zero-order valence-corrected chi connectivity index (χ0v) is 12.8. The van der Waals surface area contributed by atoms with Crippen LogP contribution in [-0.4, -0.2) is 48.8 Å². The van der Waals surface area contributed by atoms with E-state index in [2.05, 4.69) is 5.32 Å². The van der Waals surface area contributed by atoms with Crippen molar-refractivity contribution in [2.24, 2.45) is 0 Å². The number of rotatable bonds is 4. The van der Waals surface area contributed by atoms with Crippen molar-refractivity contribution in [1.82, 2.24) is 10.2 Å². The van der Waals surface area contributed by atoms with Gasteiger partial charge < -0.3 is 15.0 Å². The van der Waals surface area contributed by atoms with E-state index in [1.807, 2.05) is 18.2 Å². The smallest absolute Gasteiger partial charge is 0.442 e. The SMILES string of the molecule is COc1ccccc1C1CNCCN1C(=O)CSC(F)(F)F. The summed E-state index contributed by atoms with van der Waals surface area (Å²) in [6, 6.07) is 6.90. The number of alkyl halides is 3. The van der Waals surface area contributed by atoms with Crippen LogP contribution in [0.15, 0.2) is 24.3 Å². The highest BCUT2D eigenvalue weighted by atomic mass is 32.2. The average Bonchev–Trinajstić information content (AvgIpc) is 2.52. The molecule has 1 aliphatic rings. The van der Waals surface area contributed by atoms with Crippen LogP contribution in [0, 0.1) is 0 Å². The third kappa shape index (κ3) is 4.30. The fraction of sp³-hybridized carbons (Fsp3) is 0.500.